The number of hydrogen-bond acceptors (Lipinski definition) is 5. The van der Waals surface area contributed by atoms with Gasteiger partial charge in [-0.25, -0.2) is 9.20 Å². The Labute approximate surface area is 52.6 Å². The van der Waals surface area contributed by atoms with Crippen molar-refractivity contribution in [2.24, 2.45) is 0 Å². The van der Waals surface area contributed by atoms with E-state index in [9.17, 15) is 9.13 Å². The largest absolute Gasteiger partial charge is 0.353 e. The highest BCUT2D eigenvalue weighted by Crippen LogP contribution is 2.35. The molecule has 0 aromatic heterocycles. The summed E-state index contributed by atoms with van der Waals surface area (Å²) in [5, 5.41) is 0. The van der Waals surface area contributed by atoms with Crippen LogP contribution in [0, 0.1) is 0 Å². The fourth-order valence-electron chi connectivity index (χ4n) is 0.156. The molecule has 0 saturated carbocycles. The lowest BCUT2D eigenvalue weighted by atomic mass is 11.8. The van der Waals surface area contributed by atoms with Gasteiger partial charge in [0.05, 0.1) is 7.11 Å². The molecule has 9 heavy (non-hydrogen) atoms. The van der Waals surface area contributed by atoms with E-state index in [1.54, 1.807) is 0 Å². The zero-order valence-electron chi connectivity index (χ0n) is 4.49. The van der Waals surface area contributed by atoms with Crippen molar-refractivity contribution in [1.82, 2.24) is 0 Å². The summed E-state index contributed by atoms with van der Waals surface area (Å²) in [5.41, 5.74) is 0. The van der Waals surface area contributed by atoms with Gasteiger partial charge in [0, 0.05) is 0 Å². The van der Waals surface area contributed by atoms with E-state index in [1.807, 2.05) is 0 Å². The van der Waals surface area contributed by atoms with E-state index in [-0.39, 0.29) is 0 Å². The zero-order chi connectivity index (χ0) is 7.28. The Hall–Kier alpha value is 0.300. The average molecular weight is 176 g/mol. The van der Waals surface area contributed by atoms with Gasteiger partial charge >= 0.3 is 16.5 Å². The molecule has 0 radical (unpaired) electrons. The zero-order valence-corrected chi connectivity index (χ0v) is 6.49. The minimum absolute atomic E-state index is 1.11. The maximum atomic E-state index is 10.1. The van der Waals surface area contributed by atoms with Crippen molar-refractivity contribution in [2.75, 3.05) is 7.11 Å². The first kappa shape index (κ1) is 9.30. The highest BCUT2D eigenvalue weighted by atomic mass is 31.2. The maximum Gasteiger partial charge on any atom is 0.353 e. The third-order valence-corrected chi connectivity index (χ3v) is 1.99. The third kappa shape index (κ3) is 6.18. The van der Waals surface area contributed by atoms with Gasteiger partial charge in [0.15, 0.2) is 0 Å². The molecule has 2 unspecified atom stereocenters. The predicted molar refractivity (Wildman–Crippen MR) is 29.4 cm³/mol. The molecule has 0 aliphatic rings. The first-order valence-electron chi connectivity index (χ1n) is 1.82. The summed E-state index contributed by atoms with van der Waals surface area (Å²) in [4.78, 5) is 11.8. The fraction of sp³-hybridized carbons (Fsp3) is 1.00. The van der Waals surface area contributed by atoms with Crippen LogP contribution in [-0.2, 0) is 23.0 Å². The molecule has 0 aliphatic carbocycles. The SMILES string of the molecule is COO[PH](=O)O[PH](=O)O. The van der Waals surface area contributed by atoms with E-state index in [1.165, 1.54) is 0 Å². The van der Waals surface area contributed by atoms with Crippen LogP contribution in [0.15, 0.2) is 0 Å². The van der Waals surface area contributed by atoms with Gasteiger partial charge in [0.25, 0.3) is 0 Å². The Kier molecular flexibility index (Phi) is 5.28. The monoisotopic (exact) mass is 176 g/mol. The van der Waals surface area contributed by atoms with Crippen molar-refractivity contribution in [3.8, 4) is 0 Å². The molecule has 0 aromatic rings. The molecule has 1 N–H and O–H groups in total. The van der Waals surface area contributed by atoms with Gasteiger partial charge in [-0.1, -0.05) is 0 Å². The molecular formula is CH6O6P2. The van der Waals surface area contributed by atoms with Crippen LogP contribution in [0.3, 0.4) is 0 Å². The first-order valence-corrected chi connectivity index (χ1v) is 4.31. The maximum absolute atomic E-state index is 10.1. The molecule has 0 aliphatic heterocycles. The average Bonchev–Trinajstić information content (AvgIpc) is 1.63. The molecule has 0 fully saturated rings. The third-order valence-electron chi connectivity index (χ3n) is 0.322. The highest BCUT2D eigenvalue weighted by Gasteiger charge is 2.01. The van der Waals surface area contributed by atoms with Crippen LogP contribution in [0.4, 0.5) is 0 Å². The van der Waals surface area contributed by atoms with E-state index in [2.05, 4.69) is 13.9 Å². The quantitative estimate of drug-likeness (QED) is 0.378. The van der Waals surface area contributed by atoms with Gasteiger partial charge in [-0.3, -0.25) is 9.13 Å². The highest BCUT2D eigenvalue weighted by molar-refractivity contribution is 7.46. The van der Waals surface area contributed by atoms with Crippen LogP contribution in [0.1, 0.15) is 0 Å². The molecule has 0 amide bonds. The first-order chi connectivity index (χ1) is 4.16. The molecule has 0 saturated heterocycles. The minimum Gasteiger partial charge on any atom is -0.326 e. The summed E-state index contributed by atoms with van der Waals surface area (Å²) in [5.74, 6) is 0. The van der Waals surface area contributed by atoms with Crippen LogP contribution >= 0.6 is 16.5 Å². The topological polar surface area (TPSA) is 82.1 Å². The molecule has 0 rings (SSSR count). The Balaban J connectivity index is 3.39. The van der Waals surface area contributed by atoms with E-state index < -0.39 is 16.5 Å². The lowest BCUT2D eigenvalue weighted by molar-refractivity contribution is -0.178. The lowest BCUT2D eigenvalue weighted by Gasteiger charge is -1.95. The molecule has 0 bridgehead atoms. The van der Waals surface area contributed by atoms with Gasteiger partial charge in [-0.2, -0.15) is 4.67 Å². The summed E-state index contributed by atoms with van der Waals surface area (Å²) >= 11 is 0. The van der Waals surface area contributed by atoms with Crippen LogP contribution < -0.4 is 0 Å². The van der Waals surface area contributed by atoms with Crippen molar-refractivity contribution in [3.63, 3.8) is 0 Å². The van der Waals surface area contributed by atoms with Crippen LogP contribution in [0.25, 0.3) is 0 Å². The van der Waals surface area contributed by atoms with Gasteiger partial charge in [0.1, 0.15) is 0 Å². The van der Waals surface area contributed by atoms with Gasteiger partial charge in [-0.05, 0) is 0 Å². The molecule has 0 aromatic carbocycles. The van der Waals surface area contributed by atoms with Crippen molar-refractivity contribution >= 4 is 16.5 Å². The molecule has 8 heteroatoms. The van der Waals surface area contributed by atoms with Gasteiger partial charge in [-0.15, -0.1) is 0 Å². The second kappa shape index (κ2) is 5.11. The predicted octanol–water partition coefficient (Wildman–Crippen LogP) is 0.353. The molecule has 2 atom stereocenters. The summed E-state index contributed by atoms with van der Waals surface area (Å²) in [6.45, 7) is 0. The smallest absolute Gasteiger partial charge is 0.326 e. The molecule has 6 nitrogen and oxygen atoms in total. The van der Waals surface area contributed by atoms with Crippen molar-refractivity contribution in [2.45, 2.75) is 0 Å². The lowest BCUT2D eigenvalue weighted by Crippen LogP contribution is -1.75. The standard InChI is InChI=1S/CH6O6P2/c1-5-6-9(4)7-8(2)3/h8-9H,1H3,(H,2,3). The van der Waals surface area contributed by atoms with Crippen molar-refractivity contribution in [1.29, 1.82) is 0 Å². The second-order valence-corrected chi connectivity index (χ2v) is 2.88. The Morgan fingerprint density at radius 1 is 1.44 bits per heavy atom. The summed E-state index contributed by atoms with van der Waals surface area (Å²) in [6, 6.07) is 0. The van der Waals surface area contributed by atoms with Crippen molar-refractivity contribution in [3.05, 3.63) is 0 Å². The molecular weight excluding hydrogens is 170 g/mol. The van der Waals surface area contributed by atoms with E-state index in [0.29, 0.717) is 0 Å². The summed E-state index contributed by atoms with van der Waals surface area (Å²) < 4.78 is 27.5. The Morgan fingerprint density at radius 2 is 2.00 bits per heavy atom. The minimum atomic E-state index is -3.18. The van der Waals surface area contributed by atoms with Crippen LogP contribution in [-0.4, -0.2) is 12.0 Å². The molecule has 0 heterocycles. The van der Waals surface area contributed by atoms with E-state index >= 15 is 0 Å². The summed E-state index contributed by atoms with van der Waals surface area (Å²) in [7, 11) is -5.00. The van der Waals surface area contributed by atoms with Gasteiger partial charge < -0.3 is 4.89 Å². The Bertz CT molecular complexity index is 120. The van der Waals surface area contributed by atoms with Gasteiger partial charge in [0.2, 0.25) is 0 Å². The normalized spacial score (nSPS) is 17.1. The fourth-order valence-corrected chi connectivity index (χ4v) is 0.999. The van der Waals surface area contributed by atoms with Crippen LogP contribution in [0.5, 0.6) is 0 Å². The summed E-state index contributed by atoms with van der Waals surface area (Å²) in [6.07, 6.45) is 0. The number of hydrogen-bond donors (Lipinski definition) is 1. The van der Waals surface area contributed by atoms with E-state index in [4.69, 9.17) is 4.89 Å². The number of rotatable bonds is 4. The molecule has 56 valence electrons. The van der Waals surface area contributed by atoms with Crippen molar-refractivity contribution < 1.29 is 27.9 Å². The van der Waals surface area contributed by atoms with E-state index in [0.717, 1.165) is 7.11 Å². The second-order valence-electron chi connectivity index (χ2n) is 0.868. The van der Waals surface area contributed by atoms with Crippen LogP contribution in [0.2, 0.25) is 0 Å². The Morgan fingerprint density at radius 3 is 2.33 bits per heavy atom. The molecule has 0 spiro atoms.